The minimum atomic E-state index is -0.0685. The van der Waals surface area contributed by atoms with Crippen molar-refractivity contribution < 1.29 is 9.32 Å². The second kappa shape index (κ2) is 6.81. The first-order valence-corrected chi connectivity index (χ1v) is 6.50. The highest BCUT2D eigenvalue weighted by Crippen LogP contribution is 2.12. The lowest BCUT2D eigenvalue weighted by atomic mass is 10.2. The van der Waals surface area contributed by atoms with Gasteiger partial charge in [-0.1, -0.05) is 23.4 Å². The van der Waals surface area contributed by atoms with Gasteiger partial charge in [0.15, 0.2) is 5.82 Å². The van der Waals surface area contributed by atoms with Gasteiger partial charge >= 0.3 is 0 Å². The summed E-state index contributed by atoms with van der Waals surface area (Å²) in [5, 5.41) is 9.61. The lowest BCUT2D eigenvalue weighted by Gasteiger charge is -2.08. The fraction of sp³-hybridized carbons (Fsp3) is 0.357. The summed E-state index contributed by atoms with van der Waals surface area (Å²) in [4.78, 5) is 15.8. The molecule has 1 aromatic carbocycles. The largest absolute Gasteiger partial charge is 0.339 e. The quantitative estimate of drug-likeness (QED) is 0.779. The molecule has 0 atom stereocenters. The van der Waals surface area contributed by atoms with Crippen LogP contribution >= 0.6 is 0 Å². The van der Waals surface area contributed by atoms with Gasteiger partial charge in [-0.05, 0) is 25.5 Å². The van der Waals surface area contributed by atoms with Crippen LogP contribution < -0.4 is 10.6 Å². The number of aryl methyl sites for hydroxylation is 2. The van der Waals surface area contributed by atoms with Crippen LogP contribution in [0.3, 0.4) is 0 Å². The molecule has 2 rings (SSSR count). The van der Waals surface area contributed by atoms with Crippen molar-refractivity contribution >= 4 is 11.6 Å². The zero-order valence-electron chi connectivity index (χ0n) is 11.6. The van der Waals surface area contributed by atoms with E-state index in [0.717, 1.165) is 11.3 Å². The molecule has 0 bridgehead atoms. The van der Waals surface area contributed by atoms with Gasteiger partial charge in [-0.3, -0.25) is 4.79 Å². The highest BCUT2D eigenvalue weighted by atomic mass is 16.5. The first-order chi connectivity index (χ1) is 9.65. The van der Waals surface area contributed by atoms with E-state index in [1.807, 2.05) is 31.2 Å². The Kier molecular flexibility index (Phi) is 4.84. The second-order valence-electron chi connectivity index (χ2n) is 4.53. The van der Waals surface area contributed by atoms with Crippen molar-refractivity contribution in [2.75, 3.05) is 18.4 Å². The van der Waals surface area contributed by atoms with Gasteiger partial charge in [0.05, 0.1) is 6.54 Å². The van der Waals surface area contributed by atoms with Crippen molar-refractivity contribution in [3.8, 4) is 0 Å². The Bertz CT molecular complexity index is 580. The number of hydrogen-bond donors (Lipinski definition) is 2. The van der Waals surface area contributed by atoms with Crippen molar-refractivity contribution in [3.63, 3.8) is 0 Å². The highest BCUT2D eigenvalue weighted by Gasteiger charge is 2.05. The van der Waals surface area contributed by atoms with Gasteiger partial charge in [0.25, 0.3) is 0 Å². The lowest BCUT2D eigenvalue weighted by Crippen LogP contribution is -2.29. The number of rotatable bonds is 6. The maximum atomic E-state index is 11.8. The third-order valence-electron chi connectivity index (χ3n) is 2.79. The number of aromatic nitrogens is 2. The molecule has 6 heteroatoms. The smallest absolute Gasteiger partial charge is 0.238 e. The van der Waals surface area contributed by atoms with Crippen molar-refractivity contribution in [3.05, 3.63) is 41.5 Å². The van der Waals surface area contributed by atoms with E-state index < -0.39 is 0 Å². The Balaban J connectivity index is 1.69. The van der Waals surface area contributed by atoms with Gasteiger partial charge < -0.3 is 15.2 Å². The van der Waals surface area contributed by atoms with Crippen molar-refractivity contribution in [1.29, 1.82) is 0 Å². The van der Waals surface area contributed by atoms with Gasteiger partial charge in [-0.15, -0.1) is 0 Å². The number of hydrogen-bond acceptors (Lipinski definition) is 5. The van der Waals surface area contributed by atoms with Gasteiger partial charge in [0, 0.05) is 18.7 Å². The highest BCUT2D eigenvalue weighted by molar-refractivity contribution is 5.92. The Morgan fingerprint density at radius 3 is 2.80 bits per heavy atom. The summed E-state index contributed by atoms with van der Waals surface area (Å²) in [6.07, 6.45) is 0.610. The standard InChI is InChI=1S/C14H18N4O2/c1-10-5-3-4-6-12(10)17-13(19)9-15-8-7-14-16-11(2)18-20-14/h3-6,15H,7-9H2,1-2H3,(H,17,19). The molecular formula is C14H18N4O2. The van der Waals surface area contributed by atoms with Crippen LogP contribution in [0.2, 0.25) is 0 Å². The summed E-state index contributed by atoms with van der Waals surface area (Å²) in [6.45, 7) is 4.60. The number of nitrogens with zero attached hydrogens (tertiary/aromatic N) is 2. The van der Waals surface area contributed by atoms with E-state index in [4.69, 9.17) is 4.52 Å². The van der Waals surface area contributed by atoms with Gasteiger partial charge in [-0.25, -0.2) is 0 Å². The predicted molar refractivity (Wildman–Crippen MR) is 75.4 cm³/mol. The average Bonchev–Trinajstić information content (AvgIpc) is 2.83. The molecule has 0 aliphatic carbocycles. The van der Waals surface area contributed by atoms with E-state index in [-0.39, 0.29) is 12.5 Å². The summed E-state index contributed by atoms with van der Waals surface area (Å²) >= 11 is 0. The molecule has 0 unspecified atom stereocenters. The van der Waals surface area contributed by atoms with Crippen LogP contribution in [0.15, 0.2) is 28.8 Å². The van der Waals surface area contributed by atoms with Gasteiger partial charge in [-0.2, -0.15) is 4.98 Å². The molecular weight excluding hydrogens is 256 g/mol. The number of nitrogens with one attached hydrogen (secondary N) is 2. The Hall–Kier alpha value is -2.21. The van der Waals surface area contributed by atoms with E-state index in [1.165, 1.54) is 0 Å². The number of anilines is 1. The lowest BCUT2D eigenvalue weighted by molar-refractivity contribution is -0.115. The summed E-state index contributed by atoms with van der Waals surface area (Å²) in [5.74, 6) is 1.13. The predicted octanol–water partition coefficient (Wildman–Crippen LogP) is 1.46. The van der Waals surface area contributed by atoms with Crippen LogP contribution in [0.25, 0.3) is 0 Å². The molecule has 0 fully saturated rings. The maximum absolute atomic E-state index is 11.8. The van der Waals surface area contributed by atoms with Crippen LogP contribution in [-0.2, 0) is 11.2 Å². The third-order valence-corrected chi connectivity index (χ3v) is 2.79. The van der Waals surface area contributed by atoms with E-state index >= 15 is 0 Å². The minimum absolute atomic E-state index is 0.0685. The molecule has 0 saturated heterocycles. The molecule has 20 heavy (non-hydrogen) atoms. The summed E-state index contributed by atoms with van der Waals surface area (Å²) < 4.78 is 4.98. The maximum Gasteiger partial charge on any atom is 0.238 e. The minimum Gasteiger partial charge on any atom is -0.339 e. The van der Waals surface area contributed by atoms with Crippen LogP contribution in [-0.4, -0.2) is 29.1 Å². The molecule has 0 spiro atoms. The third kappa shape index (κ3) is 4.17. The number of para-hydroxylation sites is 1. The van der Waals surface area contributed by atoms with E-state index in [1.54, 1.807) is 6.92 Å². The van der Waals surface area contributed by atoms with Crippen molar-refractivity contribution in [2.24, 2.45) is 0 Å². The van der Waals surface area contributed by atoms with Crippen LogP contribution in [0, 0.1) is 13.8 Å². The van der Waals surface area contributed by atoms with E-state index in [0.29, 0.717) is 24.7 Å². The molecule has 0 aliphatic heterocycles. The first-order valence-electron chi connectivity index (χ1n) is 6.50. The van der Waals surface area contributed by atoms with Crippen molar-refractivity contribution in [1.82, 2.24) is 15.5 Å². The van der Waals surface area contributed by atoms with Crippen LogP contribution in [0.4, 0.5) is 5.69 Å². The fourth-order valence-corrected chi connectivity index (χ4v) is 1.75. The molecule has 1 amide bonds. The Morgan fingerprint density at radius 1 is 1.30 bits per heavy atom. The second-order valence-corrected chi connectivity index (χ2v) is 4.53. The molecule has 0 radical (unpaired) electrons. The summed E-state index contributed by atoms with van der Waals surface area (Å²) in [6, 6.07) is 7.68. The van der Waals surface area contributed by atoms with Gasteiger partial charge in [0.1, 0.15) is 0 Å². The topological polar surface area (TPSA) is 80.0 Å². The number of carbonyl (C=O) groups is 1. The van der Waals surface area contributed by atoms with Crippen LogP contribution in [0.5, 0.6) is 0 Å². The molecule has 2 N–H and O–H groups in total. The van der Waals surface area contributed by atoms with Crippen molar-refractivity contribution in [2.45, 2.75) is 20.3 Å². The molecule has 2 aromatic rings. The molecule has 6 nitrogen and oxygen atoms in total. The average molecular weight is 274 g/mol. The number of benzene rings is 1. The molecule has 0 saturated carbocycles. The normalized spacial score (nSPS) is 10.5. The number of amides is 1. The zero-order valence-corrected chi connectivity index (χ0v) is 11.6. The fourth-order valence-electron chi connectivity index (χ4n) is 1.75. The van der Waals surface area contributed by atoms with E-state index in [2.05, 4.69) is 20.8 Å². The van der Waals surface area contributed by atoms with E-state index in [9.17, 15) is 4.79 Å². The molecule has 106 valence electrons. The SMILES string of the molecule is Cc1noc(CCNCC(=O)Nc2ccccc2C)n1. The zero-order chi connectivity index (χ0) is 14.4. The Labute approximate surface area is 117 Å². The number of carbonyl (C=O) groups excluding carboxylic acids is 1. The summed E-state index contributed by atoms with van der Waals surface area (Å²) in [5.41, 5.74) is 1.88. The molecule has 0 aliphatic rings. The first kappa shape index (κ1) is 14.2. The molecule has 1 heterocycles. The monoisotopic (exact) mass is 274 g/mol. The molecule has 1 aromatic heterocycles. The van der Waals surface area contributed by atoms with Gasteiger partial charge in [0.2, 0.25) is 11.8 Å². The van der Waals surface area contributed by atoms with Crippen LogP contribution in [0.1, 0.15) is 17.3 Å². The summed E-state index contributed by atoms with van der Waals surface area (Å²) in [7, 11) is 0. The Morgan fingerprint density at radius 2 is 2.10 bits per heavy atom.